The molecule has 1 unspecified atom stereocenters. The number of alkyl halides is 1. The number of aliphatic hydroxyl groups excluding tert-OH is 1. The molecule has 0 spiro atoms. The van der Waals surface area contributed by atoms with E-state index in [-0.39, 0.29) is 0 Å². The van der Waals surface area contributed by atoms with Crippen LogP contribution < -0.4 is 0 Å². The second kappa shape index (κ2) is 3.44. The Labute approximate surface area is 42.9 Å². The SMILES string of the molecule is CC[CH]C(O)Cl. The first kappa shape index (κ1) is 6.25. The molecule has 0 saturated heterocycles. The zero-order valence-corrected chi connectivity index (χ0v) is 4.44. The van der Waals surface area contributed by atoms with Crippen LogP contribution in [0.15, 0.2) is 0 Å². The average Bonchev–Trinajstić information content (AvgIpc) is 1.35. The van der Waals surface area contributed by atoms with Gasteiger partial charge in [0.15, 0.2) is 0 Å². The van der Waals surface area contributed by atoms with Crippen molar-refractivity contribution in [2.45, 2.75) is 18.9 Å². The molecular weight excluding hydrogens is 99.5 g/mol. The molecule has 1 nitrogen and oxygen atoms in total. The van der Waals surface area contributed by atoms with Gasteiger partial charge in [-0.1, -0.05) is 18.5 Å². The van der Waals surface area contributed by atoms with E-state index in [0.717, 1.165) is 6.42 Å². The Bertz CT molecular complexity index is 28.7. The van der Waals surface area contributed by atoms with Crippen molar-refractivity contribution in [3.8, 4) is 0 Å². The molecule has 0 aliphatic rings. The van der Waals surface area contributed by atoms with Crippen molar-refractivity contribution < 1.29 is 5.11 Å². The molecule has 6 heavy (non-hydrogen) atoms. The summed E-state index contributed by atoms with van der Waals surface area (Å²) in [6, 6.07) is 0. The number of rotatable bonds is 2. The standard InChI is InChI=1S/C4H8ClO/c1-2-3-4(5)6/h3-4,6H,2H2,1H3. The quantitative estimate of drug-likeness (QED) is 0.525. The lowest BCUT2D eigenvalue weighted by atomic mass is 10.4. The van der Waals surface area contributed by atoms with Crippen LogP contribution in [-0.2, 0) is 0 Å². The van der Waals surface area contributed by atoms with E-state index in [1.54, 1.807) is 6.42 Å². The van der Waals surface area contributed by atoms with E-state index in [1.807, 2.05) is 6.92 Å². The van der Waals surface area contributed by atoms with Gasteiger partial charge < -0.3 is 5.11 Å². The maximum Gasteiger partial charge on any atom is 0.131 e. The topological polar surface area (TPSA) is 20.2 Å². The number of hydrogen-bond donors (Lipinski definition) is 1. The zero-order chi connectivity index (χ0) is 4.99. The minimum atomic E-state index is -0.755. The molecule has 37 valence electrons. The van der Waals surface area contributed by atoms with Crippen molar-refractivity contribution in [3.63, 3.8) is 0 Å². The minimum Gasteiger partial charge on any atom is -0.377 e. The average molecular weight is 108 g/mol. The van der Waals surface area contributed by atoms with Crippen molar-refractivity contribution in [3.05, 3.63) is 6.42 Å². The van der Waals surface area contributed by atoms with E-state index in [0.29, 0.717) is 0 Å². The van der Waals surface area contributed by atoms with Crippen molar-refractivity contribution in [1.82, 2.24) is 0 Å². The van der Waals surface area contributed by atoms with E-state index in [9.17, 15) is 0 Å². The van der Waals surface area contributed by atoms with Gasteiger partial charge in [-0.3, -0.25) is 0 Å². The lowest BCUT2D eigenvalue weighted by Crippen LogP contribution is -1.92. The van der Waals surface area contributed by atoms with Gasteiger partial charge in [0.2, 0.25) is 0 Å². The highest BCUT2D eigenvalue weighted by Gasteiger charge is 1.90. The Kier molecular flexibility index (Phi) is 3.58. The van der Waals surface area contributed by atoms with Crippen molar-refractivity contribution >= 4 is 11.6 Å². The highest BCUT2D eigenvalue weighted by atomic mass is 35.5. The van der Waals surface area contributed by atoms with Crippen LogP contribution >= 0.6 is 11.6 Å². The van der Waals surface area contributed by atoms with Crippen LogP contribution in [0.5, 0.6) is 0 Å². The highest BCUT2D eigenvalue weighted by Crippen LogP contribution is 1.96. The number of hydrogen-bond acceptors (Lipinski definition) is 1. The van der Waals surface area contributed by atoms with Crippen LogP contribution in [0.2, 0.25) is 0 Å². The molecule has 0 rings (SSSR count). The summed E-state index contributed by atoms with van der Waals surface area (Å²) in [5.74, 6) is 0. The fourth-order valence-electron chi connectivity index (χ4n) is 0.194. The summed E-state index contributed by atoms with van der Waals surface area (Å²) in [7, 11) is 0. The van der Waals surface area contributed by atoms with Gasteiger partial charge in [0.25, 0.3) is 0 Å². The van der Waals surface area contributed by atoms with Crippen LogP contribution in [0.1, 0.15) is 13.3 Å². The van der Waals surface area contributed by atoms with Gasteiger partial charge >= 0.3 is 0 Å². The predicted molar refractivity (Wildman–Crippen MR) is 26.5 cm³/mol. The Hall–Kier alpha value is 0.250. The maximum absolute atomic E-state index is 8.26. The van der Waals surface area contributed by atoms with Crippen LogP contribution in [0, 0.1) is 6.42 Å². The van der Waals surface area contributed by atoms with Crippen LogP contribution in [-0.4, -0.2) is 10.7 Å². The van der Waals surface area contributed by atoms with Crippen LogP contribution in [0.3, 0.4) is 0 Å². The molecule has 0 aromatic heterocycles. The van der Waals surface area contributed by atoms with Crippen molar-refractivity contribution in [2.24, 2.45) is 0 Å². The van der Waals surface area contributed by atoms with Gasteiger partial charge in [0.1, 0.15) is 5.56 Å². The highest BCUT2D eigenvalue weighted by molar-refractivity contribution is 6.20. The molecule has 1 N–H and O–H groups in total. The Morgan fingerprint density at radius 1 is 2.00 bits per heavy atom. The first-order valence-electron chi connectivity index (χ1n) is 1.93. The third-order valence-electron chi connectivity index (χ3n) is 0.430. The lowest BCUT2D eigenvalue weighted by molar-refractivity contribution is 0.284. The lowest BCUT2D eigenvalue weighted by Gasteiger charge is -1.92. The molecule has 0 aliphatic carbocycles. The van der Waals surface area contributed by atoms with E-state index in [1.165, 1.54) is 0 Å². The summed E-state index contributed by atoms with van der Waals surface area (Å²) in [6.07, 6.45) is 2.44. The third-order valence-corrected chi connectivity index (χ3v) is 0.608. The maximum atomic E-state index is 8.26. The second-order valence-electron chi connectivity index (χ2n) is 1.02. The third kappa shape index (κ3) is 4.25. The molecular formula is C4H8ClO. The molecule has 0 aliphatic heterocycles. The smallest absolute Gasteiger partial charge is 0.131 e. The molecule has 0 heterocycles. The Morgan fingerprint density at radius 2 is 2.50 bits per heavy atom. The van der Waals surface area contributed by atoms with E-state index >= 15 is 0 Å². The number of halogens is 1. The zero-order valence-electron chi connectivity index (χ0n) is 3.69. The molecule has 0 aromatic rings. The van der Waals surface area contributed by atoms with Gasteiger partial charge in [0, 0.05) is 6.42 Å². The molecule has 0 saturated carbocycles. The summed E-state index contributed by atoms with van der Waals surface area (Å²) >= 11 is 5.08. The van der Waals surface area contributed by atoms with Gasteiger partial charge in [-0.25, -0.2) is 0 Å². The molecule has 1 radical (unpaired) electrons. The van der Waals surface area contributed by atoms with E-state index < -0.39 is 5.56 Å². The van der Waals surface area contributed by atoms with Crippen LogP contribution in [0.4, 0.5) is 0 Å². The Morgan fingerprint density at radius 3 is 2.50 bits per heavy atom. The molecule has 0 fully saturated rings. The molecule has 0 amide bonds. The summed E-state index contributed by atoms with van der Waals surface area (Å²) in [5.41, 5.74) is -0.755. The minimum absolute atomic E-state index is 0.755. The largest absolute Gasteiger partial charge is 0.377 e. The van der Waals surface area contributed by atoms with Crippen molar-refractivity contribution in [1.29, 1.82) is 0 Å². The normalized spacial score (nSPS) is 14.5. The first-order valence-corrected chi connectivity index (χ1v) is 2.36. The number of aliphatic hydroxyl groups is 1. The molecule has 0 aromatic carbocycles. The Balaban J connectivity index is 2.63. The van der Waals surface area contributed by atoms with Gasteiger partial charge in [-0.15, -0.1) is 0 Å². The van der Waals surface area contributed by atoms with E-state index in [2.05, 4.69) is 0 Å². The van der Waals surface area contributed by atoms with Gasteiger partial charge in [0.05, 0.1) is 0 Å². The summed E-state index contributed by atoms with van der Waals surface area (Å²) in [6.45, 7) is 1.92. The van der Waals surface area contributed by atoms with Gasteiger partial charge in [-0.2, -0.15) is 0 Å². The monoisotopic (exact) mass is 107 g/mol. The van der Waals surface area contributed by atoms with E-state index in [4.69, 9.17) is 16.7 Å². The second-order valence-corrected chi connectivity index (χ2v) is 1.46. The summed E-state index contributed by atoms with van der Waals surface area (Å²) < 4.78 is 0. The van der Waals surface area contributed by atoms with Gasteiger partial charge in [-0.05, 0) is 6.42 Å². The summed E-state index contributed by atoms with van der Waals surface area (Å²) in [4.78, 5) is 0. The summed E-state index contributed by atoms with van der Waals surface area (Å²) in [5, 5.41) is 8.26. The fraction of sp³-hybridized carbons (Fsp3) is 0.750. The van der Waals surface area contributed by atoms with Crippen LogP contribution in [0.25, 0.3) is 0 Å². The predicted octanol–water partition coefficient (Wildman–Crippen LogP) is 1.16. The first-order chi connectivity index (χ1) is 2.77. The molecule has 0 bridgehead atoms. The molecule has 2 heteroatoms. The molecule has 1 atom stereocenters. The van der Waals surface area contributed by atoms with Crippen molar-refractivity contribution in [2.75, 3.05) is 0 Å². The fourth-order valence-corrected chi connectivity index (χ4v) is 0.373.